The van der Waals surface area contributed by atoms with E-state index in [1.54, 1.807) is 7.11 Å². The number of benzene rings is 1. The molecule has 2 heterocycles. The van der Waals surface area contributed by atoms with Crippen molar-refractivity contribution in [1.82, 2.24) is 4.90 Å². The summed E-state index contributed by atoms with van der Waals surface area (Å²) < 4.78 is 23.5. The second kappa shape index (κ2) is 9.09. The molecule has 0 aromatic heterocycles. The van der Waals surface area contributed by atoms with E-state index in [0.29, 0.717) is 31.7 Å². The summed E-state index contributed by atoms with van der Waals surface area (Å²) in [5.74, 6) is 1.91. The van der Waals surface area contributed by atoms with Crippen molar-refractivity contribution in [2.24, 2.45) is 11.8 Å². The molecule has 0 saturated carbocycles. The van der Waals surface area contributed by atoms with Gasteiger partial charge in [-0.3, -0.25) is 0 Å². The largest absolute Gasteiger partial charge is 0.493 e. The van der Waals surface area contributed by atoms with Gasteiger partial charge < -0.3 is 23.8 Å². The minimum atomic E-state index is -0.539. The molecule has 5 nitrogen and oxygen atoms in total. The van der Waals surface area contributed by atoms with Crippen LogP contribution in [-0.4, -0.2) is 51.2 Å². The molecule has 2 atom stereocenters. The fourth-order valence-electron chi connectivity index (χ4n) is 4.10. The molecule has 1 spiro atoms. The van der Waals surface area contributed by atoms with Gasteiger partial charge in [0.1, 0.15) is 0 Å². The molecule has 3 aliphatic rings. The van der Waals surface area contributed by atoms with Crippen molar-refractivity contribution in [3.63, 3.8) is 0 Å². The third-order valence-corrected chi connectivity index (χ3v) is 5.50. The van der Waals surface area contributed by atoms with Crippen molar-refractivity contribution in [3.8, 4) is 11.5 Å². The fraction of sp³-hybridized carbons (Fsp3) is 0.636. The molecule has 1 aromatic carbocycles. The lowest BCUT2D eigenvalue weighted by molar-refractivity contribution is -0.141. The van der Waals surface area contributed by atoms with Crippen LogP contribution in [0.3, 0.4) is 0 Å². The Hall–Kier alpha value is -1.56. The standard InChI is InChI=1S/C20H27NO4.C2H6/c1-21-8-6-16-5-7-20(24-9-10-25-20)12-17(16)14-23-19-11-15(13-21)3-4-18(19)22-2;1-2/h3-5,7,11,16-17H,6,8-10,12-14H2,1-2H3;1-2H3/t16-,17?;/m1./s1. The average Bonchev–Trinajstić information content (AvgIpc) is 3.14. The number of allylic oxidation sites excluding steroid dienone is 1. The van der Waals surface area contributed by atoms with Crippen molar-refractivity contribution in [1.29, 1.82) is 0 Å². The lowest BCUT2D eigenvalue weighted by Gasteiger charge is -2.37. The second-order valence-electron chi connectivity index (χ2n) is 7.32. The molecule has 1 fully saturated rings. The van der Waals surface area contributed by atoms with Crippen LogP contribution in [0, 0.1) is 11.8 Å². The number of methoxy groups -OCH3 is 1. The summed E-state index contributed by atoms with van der Waals surface area (Å²) in [7, 11) is 3.86. The molecular weight excluding hydrogens is 342 g/mol. The zero-order valence-corrected chi connectivity index (χ0v) is 17.1. The fourth-order valence-corrected chi connectivity index (χ4v) is 4.10. The van der Waals surface area contributed by atoms with Crippen LogP contribution in [0.15, 0.2) is 30.4 Å². The summed E-state index contributed by atoms with van der Waals surface area (Å²) >= 11 is 0. The van der Waals surface area contributed by atoms with E-state index in [0.717, 1.165) is 37.4 Å². The number of ether oxygens (including phenoxy) is 4. The molecule has 2 aliphatic heterocycles. The van der Waals surface area contributed by atoms with Crippen molar-refractivity contribution in [2.75, 3.05) is 40.5 Å². The van der Waals surface area contributed by atoms with Crippen LogP contribution < -0.4 is 9.47 Å². The highest BCUT2D eigenvalue weighted by Crippen LogP contribution is 2.40. The number of nitrogens with zero attached hydrogens (tertiary/aromatic N) is 1. The highest BCUT2D eigenvalue weighted by atomic mass is 16.7. The van der Waals surface area contributed by atoms with Gasteiger partial charge in [-0.05, 0) is 49.7 Å². The lowest BCUT2D eigenvalue weighted by atomic mass is 9.79. The Morgan fingerprint density at radius 3 is 2.70 bits per heavy atom. The summed E-state index contributed by atoms with van der Waals surface area (Å²) in [6.45, 7) is 7.95. The Balaban J connectivity index is 0.00000102. The molecule has 1 aromatic rings. The van der Waals surface area contributed by atoms with Gasteiger partial charge in [0.2, 0.25) is 0 Å². The number of hydrogen-bond donors (Lipinski definition) is 0. The van der Waals surface area contributed by atoms with E-state index in [-0.39, 0.29) is 0 Å². The SMILES string of the molecule is CC.COc1ccc2cc1OCC1CC3(C=C[C@@H]1CCN(C)C2)OCCO3. The molecule has 0 N–H and O–H groups in total. The summed E-state index contributed by atoms with van der Waals surface area (Å²) in [6, 6.07) is 6.22. The van der Waals surface area contributed by atoms with Crippen LogP contribution in [0.25, 0.3) is 0 Å². The van der Waals surface area contributed by atoms with Crippen LogP contribution in [0.2, 0.25) is 0 Å². The van der Waals surface area contributed by atoms with E-state index in [1.807, 2.05) is 19.9 Å². The maximum Gasteiger partial charge on any atom is 0.188 e. The quantitative estimate of drug-likeness (QED) is 0.697. The molecule has 27 heavy (non-hydrogen) atoms. The Labute approximate surface area is 163 Å². The summed E-state index contributed by atoms with van der Waals surface area (Å²) in [5, 5.41) is 0. The smallest absolute Gasteiger partial charge is 0.188 e. The van der Waals surface area contributed by atoms with Gasteiger partial charge in [-0.1, -0.05) is 26.0 Å². The molecule has 1 aliphatic carbocycles. The van der Waals surface area contributed by atoms with Crippen LogP contribution in [-0.2, 0) is 16.0 Å². The third kappa shape index (κ3) is 4.65. The van der Waals surface area contributed by atoms with E-state index in [4.69, 9.17) is 18.9 Å². The zero-order valence-electron chi connectivity index (χ0n) is 17.1. The average molecular weight is 376 g/mol. The molecule has 2 bridgehead atoms. The first-order chi connectivity index (χ1) is 13.2. The molecule has 5 heteroatoms. The predicted octanol–water partition coefficient (Wildman–Crippen LogP) is 3.87. The summed E-state index contributed by atoms with van der Waals surface area (Å²) in [6.07, 6.45) is 6.37. The lowest BCUT2D eigenvalue weighted by Crippen LogP contribution is -2.39. The second-order valence-corrected chi connectivity index (χ2v) is 7.32. The van der Waals surface area contributed by atoms with E-state index >= 15 is 0 Å². The Morgan fingerprint density at radius 1 is 1.19 bits per heavy atom. The topological polar surface area (TPSA) is 40.2 Å². The van der Waals surface area contributed by atoms with Gasteiger partial charge in [0.15, 0.2) is 17.3 Å². The third-order valence-electron chi connectivity index (χ3n) is 5.50. The molecule has 0 amide bonds. The Kier molecular flexibility index (Phi) is 6.79. The van der Waals surface area contributed by atoms with Crippen molar-refractivity contribution >= 4 is 0 Å². The first-order valence-corrected chi connectivity index (χ1v) is 10.1. The molecule has 0 radical (unpaired) electrons. The van der Waals surface area contributed by atoms with Gasteiger partial charge in [0, 0.05) is 18.9 Å². The highest BCUT2D eigenvalue weighted by molar-refractivity contribution is 5.43. The molecule has 150 valence electrons. The minimum absolute atomic E-state index is 0.364. The Bertz CT molecular complexity index is 639. The van der Waals surface area contributed by atoms with E-state index < -0.39 is 5.79 Å². The van der Waals surface area contributed by atoms with Gasteiger partial charge in [0.25, 0.3) is 0 Å². The molecule has 4 rings (SSSR count). The summed E-state index contributed by atoms with van der Waals surface area (Å²) in [4.78, 5) is 2.37. The van der Waals surface area contributed by atoms with Crippen LogP contribution in [0.1, 0.15) is 32.3 Å². The monoisotopic (exact) mass is 375 g/mol. The van der Waals surface area contributed by atoms with E-state index in [1.165, 1.54) is 5.56 Å². The van der Waals surface area contributed by atoms with Crippen LogP contribution in [0.5, 0.6) is 11.5 Å². The first kappa shape index (κ1) is 20.2. The van der Waals surface area contributed by atoms with Gasteiger partial charge >= 0.3 is 0 Å². The number of hydrogen-bond acceptors (Lipinski definition) is 5. The van der Waals surface area contributed by atoms with Gasteiger partial charge in [0.05, 0.1) is 26.9 Å². The number of rotatable bonds is 1. The predicted molar refractivity (Wildman–Crippen MR) is 106 cm³/mol. The highest BCUT2D eigenvalue weighted by Gasteiger charge is 2.42. The minimum Gasteiger partial charge on any atom is -0.493 e. The van der Waals surface area contributed by atoms with Crippen LogP contribution >= 0.6 is 0 Å². The zero-order chi connectivity index (χ0) is 19.3. The normalized spacial score (nSPS) is 27.0. The summed E-state index contributed by atoms with van der Waals surface area (Å²) in [5.41, 5.74) is 1.25. The van der Waals surface area contributed by atoms with Crippen LogP contribution in [0.4, 0.5) is 0 Å². The Morgan fingerprint density at radius 2 is 1.96 bits per heavy atom. The molecule has 1 saturated heterocycles. The molecular formula is C22H33NO4. The van der Waals surface area contributed by atoms with E-state index in [2.05, 4.69) is 36.2 Å². The maximum absolute atomic E-state index is 6.22. The van der Waals surface area contributed by atoms with Crippen molar-refractivity contribution < 1.29 is 18.9 Å². The molecule has 1 unspecified atom stereocenters. The number of fused-ring (bicyclic) bond motifs is 3. The van der Waals surface area contributed by atoms with Crippen molar-refractivity contribution in [2.45, 2.75) is 39.0 Å². The van der Waals surface area contributed by atoms with Gasteiger partial charge in [-0.2, -0.15) is 0 Å². The van der Waals surface area contributed by atoms with Crippen molar-refractivity contribution in [3.05, 3.63) is 35.9 Å². The van der Waals surface area contributed by atoms with Gasteiger partial charge in [-0.15, -0.1) is 0 Å². The first-order valence-electron chi connectivity index (χ1n) is 10.1. The van der Waals surface area contributed by atoms with E-state index in [9.17, 15) is 0 Å². The maximum atomic E-state index is 6.22. The van der Waals surface area contributed by atoms with Gasteiger partial charge in [-0.25, -0.2) is 0 Å².